The molecule has 5 atom stereocenters. The van der Waals surface area contributed by atoms with E-state index in [4.69, 9.17) is 0 Å². The number of amides is 3. The van der Waals surface area contributed by atoms with Crippen LogP contribution in [0, 0.1) is 17.3 Å². The molecule has 3 amide bonds. The molecular weight excluding hydrogens is 609 g/mol. The minimum atomic E-state index is -5.91. The number of carbonyl (C=O) groups excluding carboxylic acids is 3. The summed E-state index contributed by atoms with van der Waals surface area (Å²) < 4.78 is 71.9. The SMILES string of the molecule is CN(C)C(=O)N1CCN(C(=O)c2ccc([C@H]3C[C@@]4(C)C(CC[C@]4(O)C(F)(F)C(F)(F)F)C4CCC5=CC(=O)CCC5=C43)cc2)CC1. The third kappa shape index (κ3) is 4.88. The van der Waals surface area contributed by atoms with Crippen molar-refractivity contribution in [1.82, 2.24) is 14.7 Å². The Labute approximate surface area is 265 Å². The second kappa shape index (κ2) is 11.2. The van der Waals surface area contributed by atoms with Crippen LogP contribution in [0.2, 0.25) is 0 Å². The Morgan fingerprint density at radius 2 is 1.57 bits per heavy atom. The van der Waals surface area contributed by atoms with Gasteiger partial charge in [-0.3, -0.25) is 9.59 Å². The summed E-state index contributed by atoms with van der Waals surface area (Å²) in [5.74, 6) is -6.97. The van der Waals surface area contributed by atoms with Crippen molar-refractivity contribution in [2.24, 2.45) is 17.3 Å². The number of halogens is 5. The van der Waals surface area contributed by atoms with Gasteiger partial charge in [0.25, 0.3) is 5.91 Å². The predicted molar refractivity (Wildman–Crippen MR) is 159 cm³/mol. The van der Waals surface area contributed by atoms with Crippen LogP contribution in [0.15, 0.2) is 47.1 Å². The summed E-state index contributed by atoms with van der Waals surface area (Å²) in [7, 11) is 3.33. The number of benzene rings is 1. The van der Waals surface area contributed by atoms with E-state index in [1.54, 1.807) is 54.2 Å². The van der Waals surface area contributed by atoms with Crippen molar-refractivity contribution < 1.29 is 41.4 Å². The average Bonchev–Trinajstić information content (AvgIpc) is 3.30. The highest BCUT2D eigenvalue weighted by Gasteiger charge is 2.79. The standard InChI is InChI=1S/C34H40F5N3O4/c1-31-19-26(20-4-6-21(7-5-20)29(44)41-14-16-42(17-15-41)30(45)40(2)3)28-24-11-9-23(43)18-22(24)8-10-25(28)27(31)12-13-32(31,46)33(35,36)34(37,38)39/h4-7,18,25-27,46H,8-17,19H2,1-3H3/t25?,26-,27?,31+,32-/m1/s1. The van der Waals surface area contributed by atoms with Crippen LogP contribution < -0.4 is 0 Å². The number of allylic oxidation sites excluding steroid dienone is 4. The number of aliphatic hydroxyl groups is 1. The lowest BCUT2D eigenvalue weighted by atomic mass is 9.50. The van der Waals surface area contributed by atoms with Crippen molar-refractivity contribution in [3.63, 3.8) is 0 Å². The molecule has 250 valence electrons. The number of hydrogen-bond acceptors (Lipinski definition) is 4. The average molecular weight is 650 g/mol. The molecule has 1 N–H and O–H groups in total. The molecule has 0 radical (unpaired) electrons. The Bertz CT molecular complexity index is 1490. The highest BCUT2D eigenvalue weighted by molar-refractivity contribution is 5.94. The molecule has 2 unspecified atom stereocenters. The lowest BCUT2D eigenvalue weighted by Gasteiger charge is -2.56. The maximum absolute atomic E-state index is 15.2. The minimum Gasteiger partial charge on any atom is -0.383 e. The van der Waals surface area contributed by atoms with Crippen molar-refractivity contribution in [3.05, 3.63) is 58.2 Å². The van der Waals surface area contributed by atoms with Gasteiger partial charge in [0.2, 0.25) is 0 Å². The van der Waals surface area contributed by atoms with Crippen LogP contribution in [0.25, 0.3) is 0 Å². The molecule has 1 saturated heterocycles. The second-order valence-corrected chi connectivity index (χ2v) is 14.0. The smallest absolute Gasteiger partial charge is 0.383 e. The van der Waals surface area contributed by atoms with Crippen molar-refractivity contribution in [3.8, 4) is 0 Å². The molecule has 1 aliphatic heterocycles. The summed E-state index contributed by atoms with van der Waals surface area (Å²) in [6.45, 7) is 2.91. The second-order valence-electron chi connectivity index (χ2n) is 14.0. The van der Waals surface area contributed by atoms with Gasteiger partial charge in [0.05, 0.1) is 0 Å². The van der Waals surface area contributed by atoms with Crippen LogP contribution >= 0.6 is 0 Å². The lowest BCUT2D eigenvalue weighted by molar-refractivity contribution is -0.362. The van der Waals surface area contributed by atoms with E-state index in [1.807, 2.05) is 0 Å². The number of hydrogen-bond donors (Lipinski definition) is 1. The quantitative estimate of drug-likeness (QED) is 0.411. The predicted octanol–water partition coefficient (Wildman–Crippen LogP) is 5.95. The van der Waals surface area contributed by atoms with Crippen LogP contribution in [-0.2, 0) is 4.79 Å². The molecule has 0 bridgehead atoms. The Morgan fingerprint density at radius 1 is 0.935 bits per heavy atom. The summed E-state index contributed by atoms with van der Waals surface area (Å²) in [4.78, 5) is 42.8. The summed E-state index contributed by atoms with van der Waals surface area (Å²) in [6.07, 6.45) is -3.17. The lowest BCUT2D eigenvalue weighted by Crippen LogP contribution is -2.65. The van der Waals surface area contributed by atoms with Gasteiger partial charge in [-0.25, -0.2) is 4.79 Å². The van der Waals surface area contributed by atoms with Crippen LogP contribution in [0.5, 0.6) is 0 Å². The Hall–Kier alpha value is -3.28. The molecule has 0 spiro atoms. The fraction of sp³-hybridized carbons (Fsp3) is 0.618. The monoisotopic (exact) mass is 649 g/mol. The number of rotatable bonds is 3. The van der Waals surface area contributed by atoms with Gasteiger partial charge in [-0.2, -0.15) is 22.0 Å². The maximum Gasteiger partial charge on any atom is 0.456 e. The molecule has 3 fully saturated rings. The number of nitrogens with zero attached hydrogens (tertiary/aromatic N) is 3. The molecule has 7 nitrogen and oxygen atoms in total. The van der Waals surface area contributed by atoms with Crippen LogP contribution in [0.3, 0.4) is 0 Å². The fourth-order valence-electron chi connectivity index (χ4n) is 9.14. The maximum atomic E-state index is 15.2. The number of carbonyl (C=O) groups is 3. The molecule has 12 heteroatoms. The van der Waals surface area contributed by atoms with E-state index < -0.39 is 41.4 Å². The first-order chi connectivity index (χ1) is 21.5. The van der Waals surface area contributed by atoms with Crippen LogP contribution in [-0.4, -0.2) is 95.5 Å². The van der Waals surface area contributed by atoms with Gasteiger partial charge >= 0.3 is 18.1 Å². The molecular formula is C34H40F5N3O4. The Morgan fingerprint density at radius 3 is 2.17 bits per heavy atom. The first kappa shape index (κ1) is 32.7. The summed E-state index contributed by atoms with van der Waals surface area (Å²) in [6, 6.07) is 6.65. The zero-order valence-corrected chi connectivity index (χ0v) is 26.3. The van der Waals surface area contributed by atoms with Crippen LogP contribution in [0.1, 0.15) is 73.7 Å². The van der Waals surface area contributed by atoms with E-state index in [-0.39, 0.29) is 36.5 Å². The zero-order valence-electron chi connectivity index (χ0n) is 26.3. The number of alkyl halides is 5. The van der Waals surface area contributed by atoms with E-state index in [9.17, 15) is 32.7 Å². The highest BCUT2D eigenvalue weighted by atomic mass is 19.4. The number of fused-ring (bicyclic) bond motifs is 4. The van der Waals surface area contributed by atoms with Gasteiger partial charge < -0.3 is 19.8 Å². The van der Waals surface area contributed by atoms with Gasteiger partial charge in [0, 0.05) is 63.6 Å². The van der Waals surface area contributed by atoms with Crippen molar-refractivity contribution in [2.75, 3.05) is 40.3 Å². The van der Waals surface area contributed by atoms with E-state index in [1.165, 1.54) is 11.8 Å². The van der Waals surface area contributed by atoms with E-state index in [0.29, 0.717) is 63.0 Å². The third-order valence-corrected chi connectivity index (χ3v) is 11.5. The fourth-order valence-corrected chi connectivity index (χ4v) is 9.14. The number of piperazine rings is 1. The molecule has 2 saturated carbocycles. The van der Waals surface area contributed by atoms with E-state index in [2.05, 4.69) is 0 Å². The first-order valence-corrected chi connectivity index (χ1v) is 16.0. The van der Waals surface area contributed by atoms with E-state index >= 15 is 8.78 Å². The Balaban J connectivity index is 1.34. The summed E-state index contributed by atoms with van der Waals surface area (Å²) in [5, 5.41) is 11.5. The number of ketones is 1. The molecule has 1 aromatic rings. The minimum absolute atomic E-state index is 0.0184. The highest BCUT2D eigenvalue weighted by Crippen LogP contribution is 2.70. The topological polar surface area (TPSA) is 81.2 Å². The zero-order chi connectivity index (χ0) is 33.4. The van der Waals surface area contributed by atoms with Gasteiger partial charge in [-0.15, -0.1) is 0 Å². The third-order valence-electron chi connectivity index (χ3n) is 11.5. The first-order valence-electron chi connectivity index (χ1n) is 16.0. The van der Waals surface area contributed by atoms with Gasteiger partial charge in [0.15, 0.2) is 5.78 Å². The van der Waals surface area contributed by atoms with Crippen molar-refractivity contribution in [1.29, 1.82) is 0 Å². The van der Waals surface area contributed by atoms with Gasteiger partial charge in [0.1, 0.15) is 5.60 Å². The molecule has 0 aromatic heterocycles. The molecule has 6 rings (SSSR count). The molecule has 1 aromatic carbocycles. The van der Waals surface area contributed by atoms with Gasteiger partial charge in [-0.1, -0.05) is 24.6 Å². The van der Waals surface area contributed by atoms with Crippen molar-refractivity contribution in [2.45, 2.75) is 75.5 Å². The largest absolute Gasteiger partial charge is 0.456 e. The summed E-state index contributed by atoms with van der Waals surface area (Å²) >= 11 is 0. The van der Waals surface area contributed by atoms with Crippen LogP contribution in [0.4, 0.5) is 26.7 Å². The van der Waals surface area contributed by atoms with E-state index in [0.717, 1.165) is 16.7 Å². The Kier molecular flexibility index (Phi) is 7.92. The summed E-state index contributed by atoms with van der Waals surface area (Å²) in [5.41, 5.74) is -1.06. The van der Waals surface area contributed by atoms with Gasteiger partial charge in [-0.05, 0) is 85.3 Å². The molecule has 5 aliphatic rings. The molecule has 46 heavy (non-hydrogen) atoms. The molecule has 1 heterocycles. The van der Waals surface area contributed by atoms with Crippen molar-refractivity contribution >= 4 is 17.7 Å². The normalized spacial score (nSPS) is 31.6. The number of urea groups is 1. The molecule has 4 aliphatic carbocycles.